The van der Waals surface area contributed by atoms with Crippen molar-refractivity contribution in [2.24, 2.45) is 11.8 Å². The largest absolute Gasteiger partial charge is 0.481 e. The Labute approximate surface area is 146 Å². The van der Waals surface area contributed by atoms with Crippen molar-refractivity contribution in [1.29, 1.82) is 0 Å². The topological polar surface area (TPSA) is 54.4 Å². The van der Waals surface area contributed by atoms with E-state index in [1.807, 2.05) is 6.08 Å². The van der Waals surface area contributed by atoms with E-state index in [9.17, 15) is 18.4 Å². The third-order valence-electron chi connectivity index (χ3n) is 4.79. The molecular weight excluding hydrogens is 326 g/mol. The molecule has 0 unspecified atom stereocenters. The minimum atomic E-state index is -0.873. The van der Waals surface area contributed by atoms with Crippen LogP contribution in [0.2, 0.25) is 0 Å². The van der Waals surface area contributed by atoms with Crippen LogP contribution in [0.1, 0.15) is 56.9 Å². The highest BCUT2D eigenvalue weighted by Gasteiger charge is 2.32. The lowest BCUT2D eigenvalue weighted by Crippen LogP contribution is -2.13. The number of carboxylic acid groups (broad SMARTS) is 1. The minimum absolute atomic E-state index is 0.0129. The van der Waals surface area contributed by atoms with E-state index >= 15 is 0 Å². The van der Waals surface area contributed by atoms with Crippen molar-refractivity contribution in [3.8, 4) is 0 Å². The van der Waals surface area contributed by atoms with Crippen molar-refractivity contribution in [3.05, 3.63) is 41.5 Å². The molecule has 3 nitrogen and oxygen atoms in total. The smallest absolute Gasteiger partial charge is 0.303 e. The summed E-state index contributed by atoms with van der Waals surface area (Å²) in [6, 6.07) is 3.77. The maximum Gasteiger partial charge on any atom is 0.303 e. The Morgan fingerprint density at radius 1 is 1.16 bits per heavy atom. The Bertz CT molecular complexity index is 640. The standard InChI is InChI=1S/C20H24F2O3/c21-17-11-8-14(13-18(17)22)7-9-15-10-12-19(23)16(15)5-3-1-2-4-6-20(24)25/h7-9,11,13,15-16H,1-6,10,12H2,(H,24,25)/t15-,16+/m1/s1. The lowest BCUT2D eigenvalue weighted by atomic mass is 9.89. The molecule has 5 heteroatoms. The van der Waals surface area contributed by atoms with Gasteiger partial charge >= 0.3 is 5.97 Å². The fraction of sp³-hybridized carbons (Fsp3) is 0.500. The fourth-order valence-corrected chi connectivity index (χ4v) is 3.38. The van der Waals surface area contributed by atoms with Gasteiger partial charge in [-0.25, -0.2) is 8.78 Å². The van der Waals surface area contributed by atoms with Crippen LogP contribution in [0, 0.1) is 23.5 Å². The summed E-state index contributed by atoms with van der Waals surface area (Å²) in [6.45, 7) is 0. The Morgan fingerprint density at radius 3 is 2.64 bits per heavy atom. The van der Waals surface area contributed by atoms with E-state index in [-0.39, 0.29) is 24.0 Å². The maximum atomic E-state index is 13.2. The molecule has 1 saturated carbocycles. The predicted molar refractivity (Wildman–Crippen MR) is 92.0 cm³/mol. The first-order chi connectivity index (χ1) is 12.0. The average Bonchev–Trinajstić information content (AvgIpc) is 2.92. The first-order valence-corrected chi connectivity index (χ1v) is 8.85. The van der Waals surface area contributed by atoms with E-state index in [1.54, 1.807) is 6.08 Å². The van der Waals surface area contributed by atoms with Crippen LogP contribution in [0.4, 0.5) is 8.78 Å². The molecule has 0 aliphatic heterocycles. The fourth-order valence-electron chi connectivity index (χ4n) is 3.38. The van der Waals surface area contributed by atoms with Crippen molar-refractivity contribution < 1.29 is 23.5 Å². The second-order valence-electron chi connectivity index (χ2n) is 6.65. The maximum absolute atomic E-state index is 13.2. The van der Waals surface area contributed by atoms with Crippen LogP contribution in [0.15, 0.2) is 24.3 Å². The van der Waals surface area contributed by atoms with Crippen molar-refractivity contribution in [2.75, 3.05) is 0 Å². The number of allylic oxidation sites excluding steroid dienone is 1. The summed E-state index contributed by atoms with van der Waals surface area (Å²) in [6.07, 6.45) is 9.43. The van der Waals surface area contributed by atoms with Crippen molar-refractivity contribution in [1.82, 2.24) is 0 Å². The van der Waals surface area contributed by atoms with E-state index in [0.29, 0.717) is 18.4 Å². The molecule has 1 aromatic rings. The molecule has 1 fully saturated rings. The summed E-state index contributed by atoms with van der Waals surface area (Å²) in [4.78, 5) is 22.5. The van der Waals surface area contributed by atoms with E-state index < -0.39 is 17.6 Å². The normalized spacial score (nSPS) is 20.5. The zero-order valence-corrected chi connectivity index (χ0v) is 14.2. The molecule has 0 amide bonds. The van der Waals surface area contributed by atoms with Crippen LogP contribution in [0.25, 0.3) is 6.08 Å². The summed E-state index contributed by atoms with van der Waals surface area (Å²) >= 11 is 0. The lowest BCUT2D eigenvalue weighted by molar-refractivity contribution is -0.137. The van der Waals surface area contributed by atoms with Crippen LogP contribution in [-0.4, -0.2) is 16.9 Å². The highest BCUT2D eigenvalue weighted by Crippen LogP contribution is 2.34. The molecule has 25 heavy (non-hydrogen) atoms. The Balaban J connectivity index is 1.82. The van der Waals surface area contributed by atoms with Gasteiger partial charge in [0.1, 0.15) is 5.78 Å². The number of rotatable bonds is 9. The van der Waals surface area contributed by atoms with Crippen molar-refractivity contribution in [3.63, 3.8) is 0 Å². The number of benzene rings is 1. The van der Waals surface area contributed by atoms with E-state index in [2.05, 4.69) is 0 Å². The zero-order valence-electron chi connectivity index (χ0n) is 14.2. The van der Waals surface area contributed by atoms with Gasteiger partial charge in [0.05, 0.1) is 0 Å². The number of unbranched alkanes of at least 4 members (excludes halogenated alkanes) is 3. The molecule has 0 bridgehead atoms. The van der Waals surface area contributed by atoms with Crippen LogP contribution in [-0.2, 0) is 9.59 Å². The minimum Gasteiger partial charge on any atom is -0.481 e. The van der Waals surface area contributed by atoms with E-state index in [4.69, 9.17) is 5.11 Å². The molecule has 0 saturated heterocycles. The molecule has 136 valence electrons. The molecule has 0 radical (unpaired) electrons. The Hall–Kier alpha value is -2.04. The van der Waals surface area contributed by atoms with Crippen molar-refractivity contribution >= 4 is 17.8 Å². The Morgan fingerprint density at radius 2 is 1.92 bits per heavy atom. The van der Waals surface area contributed by atoms with E-state index in [0.717, 1.165) is 44.2 Å². The van der Waals surface area contributed by atoms with Crippen LogP contribution >= 0.6 is 0 Å². The number of hydrogen-bond donors (Lipinski definition) is 1. The highest BCUT2D eigenvalue weighted by atomic mass is 19.2. The lowest BCUT2D eigenvalue weighted by Gasteiger charge is -2.14. The van der Waals surface area contributed by atoms with Gasteiger partial charge in [-0.15, -0.1) is 0 Å². The van der Waals surface area contributed by atoms with Gasteiger partial charge in [0.2, 0.25) is 0 Å². The Kier molecular flexibility index (Phi) is 7.29. The summed E-state index contributed by atoms with van der Waals surface area (Å²) in [5.41, 5.74) is 0.589. The van der Waals surface area contributed by atoms with Gasteiger partial charge in [-0.1, -0.05) is 37.5 Å². The first-order valence-electron chi connectivity index (χ1n) is 8.85. The quantitative estimate of drug-likeness (QED) is 0.638. The van der Waals surface area contributed by atoms with Gasteiger partial charge in [-0.3, -0.25) is 9.59 Å². The molecule has 1 N–H and O–H groups in total. The molecule has 1 aromatic carbocycles. The summed E-state index contributed by atoms with van der Waals surface area (Å²) in [5.74, 6) is -2.11. The monoisotopic (exact) mass is 350 g/mol. The number of halogens is 2. The third kappa shape index (κ3) is 6.07. The number of carboxylic acids is 1. The zero-order chi connectivity index (χ0) is 18.2. The van der Waals surface area contributed by atoms with Crippen molar-refractivity contribution in [2.45, 2.75) is 51.4 Å². The van der Waals surface area contributed by atoms with Gasteiger partial charge in [0.25, 0.3) is 0 Å². The number of aliphatic carboxylic acids is 1. The average molecular weight is 350 g/mol. The molecule has 2 rings (SSSR count). The molecule has 0 heterocycles. The molecule has 0 spiro atoms. The number of Topliss-reactive ketones (excluding diaryl/α,β-unsaturated/α-hetero) is 1. The molecule has 0 aromatic heterocycles. The second kappa shape index (κ2) is 9.44. The van der Waals surface area contributed by atoms with Crippen LogP contribution < -0.4 is 0 Å². The highest BCUT2D eigenvalue weighted by molar-refractivity contribution is 5.83. The number of carbonyl (C=O) groups is 2. The molecule has 1 aliphatic rings. The summed E-state index contributed by atoms with van der Waals surface area (Å²) in [5, 5.41) is 8.60. The summed E-state index contributed by atoms with van der Waals surface area (Å²) in [7, 11) is 0. The number of hydrogen-bond acceptors (Lipinski definition) is 2. The predicted octanol–water partition coefficient (Wildman–Crippen LogP) is 5.00. The SMILES string of the molecule is O=C(O)CCCCCC[C@@H]1C(=O)CC[C@H]1C=Cc1ccc(F)c(F)c1. The van der Waals surface area contributed by atoms with E-state index in [1.165, 1.54) is 6.07 Å². The van der Waals surface area contributed by atoms with Gasteiger partial charge in [-0.05, 0) is 42.9 Å². The molecule has 2 atom stereocenters. The molecule has 1 aliphatic carbocycles. The third-order valence-corrected chi connectivity index (χ3v) is 4.79. The van der Waals surface area contributed by atoms with Crippen LogP contribution in [0.3, 0.4) is 0 Å². The first kappa shape index (κ1) is 19.3. The van der Waals surface area contributed by atoms with Gasteiger partial charge in [-0.2, -0.15) is 0 Å². The second-order valence-corrected chi connectivity index (χ2v) is 6.65. The number of carbonyl (C=O) groups excluding carboxylic acids is 1. The van der Waals surface area contributed by atoms with Gasteiger partial charge in [0, 0.05) is 18.8 Å². The van der Waals surface area contributed by atoms with Gasteiger partial charge in [0.15, 0.2) is 11.6 Å². The van der Waals surface area contributed by atoms with Crippen LogP contribution in [0.5, 0.6) is 0 Å². The van der Waals surface area contributed by atoms with Gasteiger partial charge < -0.3 is 5.11 Å². The summed E-state index contributed by atoms with van der Waals surface area (Å²) < 4.78 is 26.2. The number of ketones is 1. The molecular formula is C20H24F2O3.